The highest BCUT2D eigenvalue weighted by Gasteiger charge is 2.35. The lowest BCUT2D eigenvalue weighted by molar-refractivity contribution is 0.462. The standard InChI is InChI=1S/C14H14O3S2/c15-11-6-2-3-7-12(11)18-13-9-19(16,17)14-8-4-1-5-10(13)14/h1-8,13,15-17H,9H2. The number of hydrogen-bond donors (Lipinski definition) is 3. The van der Waals surface area contributed by atoms with Crippen molar-refractivity contribution in [2.75, 3.05) is 5.75 Å². The lowest BCUT2D eigenvalue weighted by Crippen LogP contribution is -1.98. The van der Waals surface area contributed by atoms with Gasteiger partial charge in [-0.2, -0.15) is 10.6 Å². The minimum atomic E-state index is -2.69. The Morgan fingerprint density at radius 1 is 1.00 bits per heavy atom. The molecular weight excluding hydrogens is 280 g/mol. The molecule has 0 fully saturated rings. The topological polar surface area (TPSA) is 60.7 Å². The SMILES string of the molecule is Oc1ccccc1SC1CS(O)(O)c2ccccc21. The summed E-state index contributed by atoms with van der Waals surface area (Å²) in [5, 5.41) is 9.78. The van der Waals surface area contributed by atoms with Crippen molar-refractivity contribution in [1.29, 1.82) is 0 Å². The van der Waals surface area contributed by atoms with Crippen LogP contribution in [0.2, 0.25) is 0 Å². The molecule has 0 radical (unpaired) electrons. The molecule has 1 aliphatic heterocycles. The zero-order valence-electron chi connectivity index (χ0n) is 10.1. The first-order valence-electron chi connectivity index (χ1n) is 5.87. The molecule has 0 aliphatic carbocycles. The lowest BCUT2D eigenvalue weighted by Gasteiger charge is -2.27. The van der Waals surface area contributed by atoms with Crippen LogP contribution in [0.4, 0.5) is 0 Å². The summed E-state index contributed by atoms with van der Waals surface area (Å²) in [7, 11) is -2.69. The lowest BCUT2D eigenvalue weighted by atomic mass is 10.2. The van der Waals surface area contributed by atoms with E-state index in [1.54, 1.807) is 18.2 Å². The first-order valence-corrected chi connectivity index (χ1v) is 8.47. The number of phenolic OH excluding ortho intramolecular Hbond substituents is 1. The smallest absolute Gasteiger partial charge is 0.129 e. The van der Waals surface area contributed by atoms with E-state index in [9.17, 15) is 14.2 Å². The van der Waals surface area contributed by atoms with Gasteiger partial charge in [-0.25, -0.2) is 0 Å². The molecule has 0 spiro atoms. The van der Waals surface area contributed by atoms with Crippen molar-refractivity contribution in [1.82, 2.24) is 0 Å². The van der Waals surface area contributed by atoms with Crippen LogP contribution in [-0.4, -0.2) is 20.0 Å². The Labute approximate surface area is 117 Å². The van der Waals surface area contributed by atoms with Gasteiger partial charge >= 0.3 is 0 Å². The Morgan fingerprint density at radius 2 is 1.68 bits per heavy atom. The fourth-order valence-corrected chi connectivity index (χ4v) is 5.81. The Balaban J connectivity index is 1.94. The van der Waals surface area contributed by atoms with Crippen molar-refractivity contribution in [3.8, 4) is 5.75 Å². The minimum absolute atomic E-state index is 0.0329. The van der Waals surface area contributed by atoms with Gasteiger partial charge in [-0.1, -0.05) is 30.3 Å². The second-order valence-corrected chi connectivity index (χ2v) is 7.80. The molecule has 5 heteroatoms. The van der Waals surface area contributed by atoms with Gasteiger partial charge in [0.15, 0.2) is 0 Å². The average Bonchev–Trinajstić information content (AvgIpc) is 2.65. The number of fused-ring (bicyclic) bond motifs is 1. The number of hydrogen-bond acceptors (Lipinski definition) is 4. The van der Waals surface area contributed by atoms with Gasteiger partial charge < -0.3 is 5.11 Å². The van der Waals surface area contributed by atoms with Gasteiger partial charge in [0.25, 0.3) is 0 Å². The monoisotopic (exact) mass is 294 g/mol. The molecule has 2 aromatic carbocycles. The molecule has 3 nitrogen and oxygen atoms in total. The van der Waals surface area contributed by atoms with Crippen LogP contribution in [-0.2, 0) is 0 Å². The largest absolute Gasteiger partial charge is 0.507 e. The fraction of sp³-hybridized carbons (Fsp3) is 0.143. The third-order valence-corrected chi connectivity index (χ3v) is 6.53. The van der Waals surface area contributed by atoms with Crippen LogP contribution in [0, 0.1) is 0 Å². The van der Waals surface area contributed by atoms with Crippen molar-refractivity contribution in [2.45, 2.75) is 15.0 Å². The molecule has 0 aromatic heterocycles. The number of thioether (sulfide) groups is 1. The zero-order valence-corrected chi connectivity index (χ0v) is 11.7. The van der Waals surface area contributed by atoms with Crippen LogP contribution >= 0.6 is 22.4 Å². The van der Waals surface area contributed by atoms with Gasteiger partial charge in [-0.3, -0.25) is 9.11 Å². The molecule has 0 bridgehead atoms. The van der Waals surface area contributed by atoms with Crippen LogP contribution in [0.5, 0.6) is 5.75 Å². The summed E-state index contributed by atoms with van der Waals surface area (Å²) in [6.45, 7) is 0. The highest BCUT2D eigenvalue weighted by molar-refractivity contribution is 8.25. The molecule has 100 valence electrons. The van der Waals surface area contributed by atoms with Gasteiger partial charge in [0.2, 0.25) is 0 Å². The van der Waals surface area contributed by atoms with Crippen molar-refractivity contribution in [3.05, 3.63) is 54.1 Å². The van der Waals surface area contributed by atoms with E-state index in [0.29, 0.717) is 10.6 Å². The van der Waals surface area contributed by atoms with E-state index in [-0.39, 0.29) is 11.0 Å². The van der Waals surface area contributed by atoms with E-state index >= 15 is 0 Å². The molecule has 1 atom stereocenters. The predicted octanol–water partition coefficient (Wildman–Crippen LogP) is 4.35. The van der Waals surface area contributed by atoms with Crippen molar-refractivity contribution in [3.63, 3.8) is 0 Å². The quantitative estimate of drug-likeness (QED) is 0.770. The summed E-state index contributed by atoms with van der Waals surface area (Å²) >= 11 is 1.47. The molecule has 1 aliphatic rings. The second kappa shape index (κ2) is 4.76. The van der Waals surface area contributed by atoms with Crippen LogP contribution in [0.3, 0.4) is 0 Å². The normalized spacial score (nSPS) is 21.9. The van der Waals surface area contributed by atoms with E-state index in [1.807, 2.05) is 30.3 Å². The highest BCUT2D eigenvalue weighted by Crippen LogP contribution is 2.63. The number of para-hydroxylation sites is 1. The molecule has 19 heavy (non-hydrogen) atoms. The summed E-state index contributed by atoms with van der Waals surface area (Å²) in [6, 6.07) is 14.5. The van der Waals surface area contributed by atoms with E-state index in [0.717, 1.165) is 10.5 Å². The fourth-order valence-electron chi connectivity index (χ4n) is 2.24. The van der Waals surface area contributed by atoms with Gasteiger partial charge in [0.05, 0.1) is 15.9 Å². The molecule has 0 saturated carbocycles. The molecule has 0 amide bonds. The van der Waals surface area contributed by atoms with Crippen LogP contribution in [0.15, 0.2) is 58.3 Å². The molecule has 1 heterocycles. The minimum Gasteiger partial charge on any atom is -0.507 e. The van der Waals surface area contributed by atoms with Gasteiger partial charge in [0.1, 0.15) is 5.75 Å². The van der Waals surface area contributed by atoms with E-state index < -0.39 is 10.6 Å². The summed E-state index contributed by atoms with van der Waals surface area (Å²) in [5.74, 6) is 0.541. The maximum atomic E-state index is 10.1. The predicted molar refractivity (Wildman–Crippen MR) is 79.1 cm³/mol. The van der Waals surface area contributed by atoms with Crippen LogP contribution in [0.25, 0.3) is 0 Å². The molecule has 1 unspecified atom stereocenters. The Bertz CT molecular complexity index is 613. The molecular formula is C14H14O3S2. The highest BCUT2D eigenvalue weighted by atomic mass is 32.3. The molecule has 3 N–H and O–H groups in total. The van der Waals surface area contributed by atoms with Gasteiger partial charge in [-0.15, -0.1) is 11.8 Å². The summed E-state index contributed by atoms with van der Waals surface area (Å²) in [6.07, 6.45) is 0. The van der Waals surface area contributed by atoms with Crippen molar-refractivity contribution >= 4 is 22.4 Å². The Morgan fingerprint density at radius 3 is 2.47 bits per heavy atom. The molecule has 0 saturated heterocycles. The van der Waals surface area contributed by atoms with E-state index in [2.05, 4.69) is 0 Å². The third-order valence-electron chi connectivity index (χ3n) is 3.14. The van der Waals surface area contributed by atoms with Gasteiger partial charge in [-0.05, 0) is 23.8 Å². The molecule has 2 aromatic rings. The third kappa shape index (κ3) is 2.34. The van der Waals surface area contributed by atoms with Crippen molar-refractivity contribution < 1.29 is 14.2 Å². The first-order chi connectivity index (χ1) is 9.08. The summed E-state index contributed by atoms with van der Waals surface area (Å²) in [5.41, 5.74) is 0.954. The van der Waals surface area contributed by atoms with Crippen LogP contribution < -0.4 is 0 Å². The van der Waals surface area contributed by atoms with Crippen molar-refractivity contribution in [2.24, 2.45) is 0 Å². The number of phenols is 1. The molecule has 3 rings (SSSR count). The number of rotatable bonds is 2. The maximum absolute atomic E-state index is 10.1. The number of aromatic hydroxyl groups is 1. The van der Waals surface area contributed by atoms with E-state index in [1.165, 1.54) is 11.8 Å². The maximum Gasteiger partial charge on any atom is 0.129 e. The van der Waals surface area contributed by atoms with Gasteiger partial charge in [0, 0.05) is 4.90 Å². The zero-order chi connectivity index (χ0) is 13.5. The summed E-state index contributed by atoms with van der Waals surface area (Å²) < 4.78 is 20.3. The van der Waals surface area contributed by atoms with Crippen LogP contribution in [0.1, 0.15) is 10.8 Å². The average molecular weight is 294 g/mol. The number of benzene rings is 2. The second-order valence-electron chi connectivity index (χ2n) is 4.45. The van der Waals surface area contributed by atoms with E-state index in [4.69, 9.17) is 0 Å². The Hall–Kier alpha value is -1.14. The Kier molecular flexibility index (Phi) is 3.22. The first kappa shape index (κ1) is 12.9. The summed E-state index contributed by atoms with van der Waals surface area (Å²) in [4.78, 5) is 1.40.